The Kier molecular flexibility index (Phi) is 8.84. The van der Waals surface area contributed by atoms with Crippen molar-refractivity contribution in [3.63, 3.8) is 0 Å². The molecule has 0 atom stereocenters. The van der Waals surface area contributed by atoms with E-state index in [9.17, 15) is 9.59 Å². The number of rotatable bonds is 11. The summed E-state index contributed by atoms with van der Waals surface area (Å²) in [6.45, 7) is 8.26. The predicted octanol–water partition coefficient (Wildman–Crippen LogP) is 3.62. The zero-order valence-electron chi connectivity index (χ0n) is 19.2. The van der Waals surface area contributed by atoms with E-state index >= 15 is 0 Å². The highest BCUT2D eigenvalue weighted by molar-refractivity contribution is 7.99. The second-order valence-corrected chi connectivity index (χ2v) is 8.85. The minimum atomic E-state index is -0.336. The van der Waals surface area contributed by atoms with Crippen LogP contribution in [0.5, 0.6) is 0 Å². The number of hydrogen-bond donors (Lipinski definition) is 1. The van der Waals surface area contributed by atoms with Gasteiger partial charge in [0.15, 0.2) is 16.1 Å². The molecule has 0 aliphatic carbocycles. The molecule has 1 N–H and O–H groups in total. The molecule has 0 saturated carbocycles. The number of nitrogens with one attached hydrogen (secondary N) is 1. The summed E-state index contributed by atoms with van der Waals surface area (Å²) in [6, 6.07) is 8.24. The third-order valence-electron chi connectivity index (χ3n) is 4.85. The van der Waals surface area contributed by atoms with Gasteiger partial charge in [-0.2, -0.15) is 0 Å². The smallest absolute Gasteiger partial charge is 0.311 e. The van der Waals surface area contributed by atoms with Gasteiger partial charge >= 0.3 is 5.97 Å². The van der Waals surface area contributed by atoms with Gasteiger partial charge in [0.1, 0.15) is 0 Å². The molecule has 9 nitrogen and oxygen atoms in total. The molecule has 2 heterocycles. The van der Waals surface area contributed by atoms with Gasteiger partial charge in [-0.25, -0.2) is 4.98 Å². The molecule has 3 rings (SSSR count). The summed E-state index contributed by atoms with van der Waals surface area (Å²) in [5.41, 5.74) is 2.71. The van der Waals surface area contributed by atoms with Crippen LogP contribution in [-0.4, -0.2) is 57.1 Å². The molecule has 33 heavy (non-hydrogen) atoms. The molecule has 0 radical (unpaired) electrons. The number of thiazole rings is 1. The molecule has 0 spiro atoms. The molecule has 11 heteroatoms. The quantitative estimate of drug-likeness (QED) is 0.323. The maximum absolute atomic E-state index is 12.3. The number of ether oxygens (including phenoxy) is 1. The van der Waals surface area contributed by atoms with Gasteiger partial charge in [-0.15, -0.1) is 21.5 Å². The van der Waals surface area contributed by atoms with Crippen molar-refractivity contribution in [2.24, 2.45) is 7.05 Å². The van der Waals surface area contributed by atoms with Crippen LogP contribution < -0.4 is 10.2 Å². The largest absolute Gasteiger partial charge is 0.466 e. The fourth-order valence-electron chi connectivity index (χ4n) is 3.19. The van der Waals surface area contributed by atoms with Crippen molar-refractivity contribution in [3.05, 3.63) is 35.3 Å². The van der Waals surface area contributed by atoms with Gasteiger partial charge in [0.05, 0.1) is 24.5 Å². The van der Waals surface area contributed by atoms with E-state index in [4.69, 9.17) is 4.74 Å². The molecule has 2 aromatic heterocycles. The lowest BCUT2D eigenvalue weighted by atomic mass is 10.2. The Hall–Kier alpha value is -2.92. The minimum absolute atomic E-state index is 0.0899. The highest BCUT2D eigenvalue weighted by Crippen LogP contribution is 2.25. The molecular weight excluding hydrogens is 460 g/mol. The van der Waals surface area contributed by atoms with Crippen LogP contribution >= 0.6 is 23.1 Å². The number of carbonyl (C=O) groups excluding carboxylic acids is 2. The summed E-state index contributed by atoms with van der Waals surface area (Å²) in [5.74, 6) is 0.370. The molecule has 0 bridgehead atoms. The summed E-state index contributed by atoms with van der Waals surface area (Å²) in [4.78, 5) is 30.4. The van der Waals surface area contributed by atoms with Gasteiger partial charge in [0.25, 0.3) is 0 Å². The second-order valence-electron chi connectivity index (χ2n) is 7.05. The highest BCUT2D eigenvalue weighted by atomic mass is 32.2. The van der Waals surface area contributed by atoms with Crippen LogP contribution in [-0.2, 0) is 27.8 Å². The standard InChI is InChI=1S/C22H28N6O3S2/c1-5-28(6-2)17-10-8-15(9-11-17)20-25-26-22(27(20)4)33-14-18(29)24-21-23-16(13-32-21)12-19(30)31-7-3/h8-11,13H,5-7,12,14H2,1-4H3,(H,23,24,29). The molecule has 1 aromatic carbocycles. The van der Waals surface area contributed by atoms with E-state index in [-0.39, 0.29) is 24.1 Å². The summed E-state index contributed by atoms with van der Waals surface area (Å²) in [6.07, 6.45) is 0.0899. The maximum atomic E-state index is 12.3. The number of anilines is 2. The summed E-state index contributed by atoms with van der Waals surface area (Å²) >= 11 is 2.57. The first-order chi connectivity index (χ1) is 15.9. The monoisotopic (exact) mass is 488 g/mol. The Bertz CT molecular complexity index is 1080. The number of aromatic nitrogens is 4. The van der Waals surface area contributed by atoms with E-state index in [1.54, 1.807) is 12.3 Å². The third kappa shape index (κ3) is 6.55. The number of thioether (sulfide) groups is 1. The molecule has 1 amide bonds. The summed E-state index contributed by atoms with van der Waals surface area (Å²) in [7, 11) is 1.89. The van der Waals surface area contributed by atoms with Crippen LogP contribution in [0.4, 0.5) is 10.8 Å². The maximum Gasteiger partial charge on any atom is 0.311 e. The van der Waals surface area contributed by atoms with Crippen molar-refractivity contribution >= 4 is 45.8 Å². The first kappa shape index (κ1) is 24.7. The topological polar surface area (TPSA) is 102 Å². The van der Waals surface area contributed by atoms with E-state index in [2.05, 4.69) is 51.4 Å². The van der Waals surface area contributed by atoms with Crippen LogP contribution in [0.3, 0.4) is 0 Å². The molecule has 0 saturated heterocycles. The van der Waals surface area contributed by atoms with Crippen molar-refractivity contribution in [2.45, 2.75) is 32.3 Å². The minimum Gasteiger partial charge on any atom is -0.466 e. The fraction of sp³-hybridized carbons (Fsp3) is 0.409. The van der Waals surface area contributed by atoms with Crippen LogP contribution in [0.25, 0.3) is 11.4 Å². The van der Waals surface area contributed by atoms with E-state index in [1.807, 2.05) is 23.7 Å². The molecule has 0 unspecified atom stereocenters. The number of benzene rings is 1. The van der Waals surface area contributed by atoms with Gasteiger partial charge < -0.3 is 19.5 Å². The Labute approximate surface area is 201 Å². The van der Waals surface area contributed by atoms with Crippen molar-refractivity contribution in [1.29, 1.82) is 0 Å². The zero-order chi connectivity index (χ0) is 23.8. The molecular formula is C22H28N6O3S2. The van der Waals surface area contributed by atoms with Gasteiger partial charge in [0.2, 0.25) is 5.91 Å². The Morgan fingerprint density at radius 2 is 1.88 bits per heavy atom. The normalized spacial score (nSPS) is 10.8. The van der Waals surface area contributed by atoms with Gasteiger partial charge in [0, 0.05) is 36.8 Å². The second kappa shape index (κ2) is 11.8. The van der Waals surface area contributed by atoms with Crippen molar-refractivity contribution < 1.29 is 14.3 Å². The summed E-state index contributed by atoms with van der Waals surface area (Å²) < 4.78 is 6.79. The SMILES string of the molecule is CCOC(=O)Cc1csc(NC(=O)CSc2nnc(-c3ccc(N(CC)CC)cc3)n2C)n1. The predicted molar refractivity (Wildman–Crippen MR) is 132 cm³/mol. The van der Waals surface area contributed by atoms with Crippen molar-refractivity contribution in [3.8, 4) is 11.4 Å². The Morgan fingerprint density at radius 1 is 1.15 bits per heavy atom. The van der Waals surface area contributed by atoms with E-state index < -0.39 is 0 Å². The van der Waals surface area contributed by atoms with Crippen LogP contribution in [0.2, 0.25) is 0 Å². The van der Waals surface area contributed by atoms with Gasteiger partial charge in [-0.1, -0.05) is 11.8 Å². The average Bonchev–Trinajstić information content (AvgIpc) is 3.39. The number of amides is 1. The fourth-order valence-corrected chi connectivity index (χ4v) is 4.63. The van der Waals surface area contributed by atoms with Gasteiger partial charge in [-0.05, 0) is 45.0 Å². The summed E-state index contributed by atoms with van der Waals surface area (Å²) in [5, 5.41) is 14.1. The van der Waals surface area contributed by atoms with E-state index in [1.165, 1.54) is 28.8 Å². The first-order valence-corrected chi connectivity index (χ1v) is 12.6. The van der Waals surface area contributed by atoms with Crippen molar-refractivity contribution in [2.75, 3.05) is 35.7 Å². The molecule has 0 aliphatic heterocycles. The lowest BCUT2D eigenvalue weighted by Crippen LogP contribution is -2.21. The third-order valence-corrected chi connectivity index (χ3v) is 6.68. The average molecular weight is 489 g/mol. The Balaban J connectivity index is 1.56. The van der Waals surface area contributed by atoms with Crippen LogP contribution in [0.1, 0.15) is 26.5 Å². The zero-order valence-corrected chi connectivity index (χ0v) is 20.8. The van der Waals surface area contributed by atoms with E-state index in [0.29, 0.717) is 22.6 Å². The molecule has 0 fully saturated rings. The lowest BCUT2D eigenvalue weighted by molar-refractivity contribution is -0.142. The number of nitrogens with zero attached hydrogens (tertiary/aromatic N) is 5. The van der Waals surface area contributed by atoms with E-state index in [0.717, 1.165) is 24.5 Å². The first-order valence-electron chi connectivity index (χ1n) is 10.7. The number of esters is 1. The van der Waals surface area contributed by atoms with Gasteiger partial charge in [-0.3, -0.25) is 9.59 Å². The molecule has 3 aromatic rings. The van der Waals surface area contributed by atoms with Crippen molar-refractivity contribution in [1.82, 2.24) is 19.7 Å². The highest BCUT2D eigenvalue weighted by Gasteiger charge is 2.15. The number of carbonyl (C=O) groups is 2. The lowest BCUT2D eigenvalue weighted by Gasteiger charge is -2.21. The van der Waals surface area contributed by atoms with Crippen LogP contribution in [0.15, 0.2) is 34.8 Å². The molecule has 176 valence electrons. The number of hydrogen-bond acceptors (Lipinski definition) is 9. The van der Waals surface area contributed by atoms with Crippen LogP contribution in [0, 0.1) is 0 Å². The molecule has 0 aliphatic rings. The Morgan fingerprint density at radius 3 is 2.55 bits per heavy atom.